The van der Waals surface area contributed by atoms with Crippen LogP contribution in [0.25, 0.3) is 0 Å². The van der Waals surface area contributed by atoms with Crippen molar-refractivity contribution in [1.29, 1.82) is 0 Å². The van der Waals surface area contributed by atoms with Crippen molar-refractivity contribution in [2.45, 2.75) is 40.5 Å². The minimum atomic E-state index is -0.440. The van der Waals surface area contributed by atoms with E-state index < -0.39 is 11.9 Å². The SMILES string of the molecule is CCOC(=O)CC(C)=O.CCOC(=O)CC(C)=O.[Zr]. The average molecular weight is 352 g/mol. The molecule has 108 valence electrons. The molecule has 19 heavy (non-hydrogen) atoms. The van der Waals surface area contributed by atoms with Gasteiger partial charge < -0.3 is 9.47 Å². The van der Waals surface area contributed by atoms with Gasteiger partial charge in [-0.15, -0.1) is 0 Å². The van der Waals surface area contributed by atoms with Crippen LogP contribution in [0.15, 0.2) is 0 Å². The van der Waals surface area contributed by atoms with Gasteiger partial charge in [-0.05, 0) is 27.7 Å². The van der Waals surface area contributed by atoms with Crippen molar-refractivity contribution in [2.75, 3.05) is 13.2 Å². The standard InChI is InChI=1S/2C6H10O3.Zr/c2*1-3-9-6(8)4-5(2)7;/h2*3-4H2,1-2H3;. The van der Waals surface area contributed by atoms with Crippen molar-refractivity contribution >= 4 is 23.5 Å². The normalized spacial score (nSPS) is 8.21. The molecule has 0 rings (SSSR count). The van der Waals surface area contributed by atoms with Crippen LogP contribution in [0, 0.1) is 0 Å². The third kappa shape index (κ3) is 22.8. The molecule has 6 nitrogen and oxygen atoms in total. The van der Waals surface area contributed by atoms with Crippen LogP contribution in [0.1, 0.15) is 40.5 Å². The van der Waals surface area contributed by atoms with E-state index in [1.165, 1.54) is 13.8 Å². The molecule has 0 aromatic carbocycles. The summed E-state index contributed by atoms with van der Waals surface area (Å²) >= 11 is 0. The molecule has 0 amide bonds. The predicted octanol–water partition coefficient (Wildman–Crippen LogP) is 1.05. The van der Waals surface area contributed by atoms with Crippen LogP contribution in [0.2, 0.25) is 0 Å². The first-order valence-electron chi connectivity index (χ1n) is 5.63. The van der Waals surface area contributed by atoms with E-state index in [9.17, 15) is 19.2 Å². The number of carbonyl (C=O) groups is 4. The van der Waals surface area contributed by atoms with Crippen LogP contribution in [-0.4, -0.2) is 36.7 Å². The first-order chi connectivity index (χ1) is 8.33. The molecule has 0 N–H and O–H groups in total. The van der Waals surface area contributed by atoms with Gasteiger partial charge in [-0.2, -0.15) is 0 Å². The maximum Gasteiger partial charge on any atom is 0.313 e. The Labute approximate surface area is 132 Å². The number of hydrogen-bond acceptors (Lipinski definition) is 6. The average Bonchev–Trinajstić information content (AvgIpc) is 2.16. The maximum absolute atomic E-state index is 10.4. The molecule has 0 aliphatic rings. The van der Waals surface area contributed by atoms with Gasteiger partial charge in [0.1, 0.15) is 24.4 Å². The van der Waals surface area contributed by atoms with Crippen LogP contribution in [0.3, 0.4) is 0 Å². The number of carbonyl (C=O) groups excluding carboxylic acids is 4. The van der Waals surface area contributed by atoms with Crippen molar-refractivity contribution in [3.63, 3.8) is 0 Å². The van der Waals surface area contributed by atoms with Crippen LogP contribution < -0.4 is 0 Å². The van der Waals surface area contributed by atoms with Gasteiger partial charge in [-0.1, -0.05) is 0 Å². The maximum atomic E-state index is 10.4. The van der Waals surface area contributed by atoms with E-state index >= 15 is 0 Å². The third-order valence-corrected chi connectivity index (χ3v) is 1.40. The monoisotopic (exact) mass is 350 g/mol. The quantitative estimate of drug-likeness (QED) is 0.525. The molecule has 0 fully saturated rings. The Balaban J connectivity index is -0.000000256. The number of ether oxygens (including phenoxy) is 2. The Hall–Kier alpha value is -0.837. The third-order valence-electron chi connectivity index (χ3n) is 1.40. The van der Waals surface area contributed by atoms with Crippen LogP contribution in [0.5, 0.6) is 0 Å². The van der Waals surface area contributed by atoms with Crippen molar-refractivity contribution in [2.24, 2.45) is 0 Å². The van der Waals surface area contributed by atoms with Gasteiger partial charge in [-0.25, -0.2) is 0 Å². The molecule has 0 aromatic heterocycles. The van der Waals surface area contributed by atoms with E-state index in [1.54, 1.807) is 13.8 Å². The second-order valence-corrected chi connectivity index (χ2v) is 3.37. The number of esters is 2. The van der Waals surface area contributed by atoms with Gasteiger partial charge in [0.05, 0.1) is 13.2 Å². The Morgan fingerprint density at radius 1 is 0.737 bits per heavy atom. The van der Waals surface area contributed by atoms with Crippen molar-refractivity contribution in [1.82, 2.24) is 0 Å². The van der Waals surface area contributed by atoms with Crippen molar-refractivity contribution in [3.05, 3.63) is 0 Å². The molecule has 0 aliphatic carbocycles. The summed E-state index contributed by atoms with van der Waals surface area (Å²) < 4.78 is 8.99. The van der Waals surface area contributed by atoms with Gasteiger partial charge in [0.25, 0.3) is 0 Å². The van der Waals surface area contributed by atoms with Gasteiger partial charge in [0.15, 0.2) is 0 Å². The predicted molar refractivity (Wildman–Crippen MR) is 63.9 cm³/mol. The Kier molecular flexibility index (Phi) is 18.6. The van der Waals surface area contributed by atoms with E-state index in [1.807, 2.05) is 0 Å². The fourth-order valence-electron chi connectivity index (χ4n) is 0.831. The molecule has 0 bridgehead atoms. The summed E-state index contributed by atoms with van der Waals surface area (Å²) in [7, 11) is 0. The molecular weight excluding hydrogens is 331 g/mol. The topological polar surface area (TPSA) is 86.7 Å². The minimum absolute atomic E-state index is 0. The van der Waals surface area contributed by atoms with Gasteiger partial charge in [-0.3, -0.25) is 19.2 Å². The van der Waals surface area contributed by atoms with Crippen LogP contribution >= 0.6 is 0 Å². The van der Waals surface area contributed by atoms with Gasteiger partial charge >= 0.3 is 11.9 Å². The molecule has 0 spiro atoms. The molecule has 0 atom stereocenters. The second kappa shape index (κ2) is 15.2. The molecule has 0 heterocycles. The summed E-state index contributed by atoms with van der Waals surface area (Å²) in [6, 6.07) is 0. The fraction of sp³-hybridized carbons (Fsp3) is 0.667. The van der Waals surface area contributed by atoms with Crippen molar-refractivity contribution < 1.29 is 54.9 Å². The van der Waals surface area contributed by atoms with Gasteiger partial charge in [0.2, 0.25) is 0 Å². The molecular formula is C12H20O6Zr. The van der Waals surface area contributed by atoms with Crippen LogP contribution in [0.4, 0.5) is 0 Å². The zero-order valence-electron chi connectivity index (χ0n) is 11.8. The Morgan fingerprint density at radius 3 is 1.16 bits per heavy atom. The number of hydrogen-bond donors (Lipinski definition) is 0. The Morgan fingerprint density at radius 2 is 1.00 bits per heavy atom. The number of ketones is 2. The van der Waals surface area contributed by atoms with E-state index in [0.29, 0.717) is 13.2 Å². The zero-order valence-corrected chi connectivity index (χ0v) is 14.2. The summed E-state index contributed by atoms with van der Waals surface area (Å²) in [6.07, 6.45) is -0.207. The summed E-state index contributed by atoms with van der Waals surface area (Å²) in [5.41, 5.74) is 0. The smallest absolute Gasteiger partial charge is 0.313 e. The molecule has 0 radical (unpaired) electrons. The van der Waals surface area contributed by atoms with E-state index in [-0.39, 0.29) is 50.6 Å². The number of rotatable bonds is 6. The second-order valence-electron chi connectivity index (χ2n) is 3.37. The largest absolute Gasteiger partial charge is 0.466 e. The van der Waals surface area contributed by atoms with E-state index in [4.69, 9.17) is 0 Å². The summed E-state index contributed by atoms with van der Waals surface area (Å²) in [5.74, 6) is -1.20. The summed E-state index contributed by atoms with van der Waals surface area (Å²) in [5, 5.41) is 0. The first-order valence-corrected chi connectivity index (χ1v) is 5.63. The first kappa shape index (κ1) is 23.3. The summed E-state index contributed by atoms with van der Waals surface area (Å²) in [6.45, 7) is 6.81. The molecule has 0 saturated carbocycles. The van der Waals surface area contributed by atoms with E-state index in [2.05, 4.69) is 9.47 Å². The zero-order chi connectivity index (χ0) is 14.6. The molecule has 7 heteroatoms. The van der Waals surface area contributed by atoms with Gasteiger partial charge in [0, 0.05) is 26.2 Å². The molecule has 0 unspecified atom stereocenters. The van der Waals surface area contributed by atoms with Crippen molar-refractivity contribution in [3.8, 4) is 0 Å². The van der Waals surface area contributed by atoms with Crippen LogP contribution in [-0.2, 0) is 54.9 Å². The summed E-state index contributed by atoms with van der Waals surface area (Å²) in [4.78, 5) is 41.3. The molecule has 0 aliphatic heterocycles. The fourth-order valence-corrected chi connectivity index (χ4v) is 0.831. The van der Waals surface area contributed by atoms with E-state index in [0.717, 1.165) is 0 Å². The minimum Gasteiger partial charge on any atom is -0.466 e. The number of Topliss-reactive ketones (excluding diaryl/α,β-unsaturated/α-hetero) is 2. The molecule has 0 saturated heterocycles. The molecule has 0 aromatic rings. The Bertz CT molecular complexity index is 271.